The smallest absolute Gasteiger partial charge is 0.266 e. The summed E-state index contributed by atoms with van der Waals surface area (Å²) in [5.41, 5.74) is 2.80. The Kier molecular flexibility index (Phi) is 6.04. The van der Waals surface area contributed by atoms with Crippen LogP contribution in [0.15, 0.2) is 68.9 Å². The number of furan rings is 1. The first-order chi connectivity index (χ1) is 14.4. The van der Waals surface area contributed by atoms with Gasteiger partial charge in [-0.3, -0.25) is 9.69 Å². The molecule has 3 aromatic rings. The first-order valence-electron chi connectivity index (χ1n) is 9.36. The van der Waals surface area contributed by atoms with E-state index in [2.05, 4.69) is 4.99 Å². The van der Waals surface area contributed by atoms with Crippen molar-refractivity contribution in [1.29, 1.82) is 0 Å². The van der Waals surface area contributed by atoms with Gasteiger partial charge in [0.2, 0.25) is 0 Å². The van der Waals surface area contributed by atoms with Gasteiger partial charge in [0.25, 0.3) is 5.91 Å². The maximum Gasteiger partial charge on any atom is 0.266 e. The van der Waals surface area contributed by atoms with Crippen molar-refractivity contribution in [2.45, 2.75) is 13.8 Å². The number of hydrogen-bond donors (Lipinski definition) is 0. The Morgan fingerprint density at radius 3 is 2.53 bits per heavy atom. The van der Waals surface area contributed by atoms with Crippen LogP contribution in [0.4, 0.5) is 5.69 Å². The Balaban J connectivity index is 1.61. The molecule has 1 saturated heterocycles. The second-order valence-corrected chi connectivity index (χ2v) is 8.54. The predicted molar refractivity (Wildman–Crippen MR) is 125 cm³/mol. The molecule has 2 aromatic carbocycles. The fourth-order valence-corrected chi connectivity index (χ4v) is 4.30. The van der Waals surface area contributed by atoms with Crippen LogP contribution in [0.25, 0.3) is 17.4 Å². The number of thioether (sulfide) groups is 1. The molecule has 4 rings (SSSR count). The summed E-state index contributed by atoms with van der Waals surface area (Å²) in [6, 6.07) is 16.9. The van der Waals surface area contributed by atoms with E-state index < -0.39 is 0 Å². The molecule has 0 bridgehead atoms. The minimum atomic E-state index is -0.0825. The minimum absolute atomic E-state index is 0.0825. The molecule has 0 aliphatic carbocycles. The van der Waals surface area contributed by atoms with Gasteiger partial charge < -0.3 is 4.42 Å². The van der Waals surface area contributed by atoms with Crippen molar-refractivity contribution in [2.24, 2.45) is 4.99 Å². The van der Waals surface area contributed by atoms with Crippen LogP contribution in [0.1, 0.15) is 18.2 Å². The summed E-state index contributed by atoms with van der Waals surface area (Å²) in [7, 11) is 0. The molecule has 4 nitrogen and oxygen atoms in total. The monoisotopic (exact) mass is 456 g/mol. The Morgan fingerprint density at radius 2 is 1.83 bits per heavy atom. The van der Waals surface area contributed by atoms with Crippen molar-refractivity contribution in [3.05, 3.63) is 80.9 Å². The first kappa shape index (κ1) is 20.8. The fourth-order valence-electron chi connectivity index (χ4n) is 2.96. The molecular formula is C23H18Cl2N2O2S. The number of rotatable bonds is 4. The predicted octanol–water partition coefficient (Wildman–Crippen LogP) is 7.19. The summed E-state index contributed by atoms with van der Waals surface area (Å²) < 4.78 is 5.91. The number of nitrogens with zero attached hydrogens (tertiary/aromatic N) is 2. The molecule has 1 amide bonds. The number of carbonyl (C=O) groups is 1. The molecule has 0 N–H and O–H groups in total. The number of hydrogen-bond acceptors (Lipinski definition) is 4. The van der Waals surface area contributed by atoms with E-state index in [0.29, 0.717) is 38.2 Å². The lowest BCUT2D eigenvalue weighted by Crippen LogP contribution is -2.28. The van der Waals surface area contributed by atoms with E-state index in [4.69, 9.17) is 27.6 Å². The van der Waals surface area contributed by atoms with Gasteiger partial charge in [0.15, 0.2) is 5.17 Å². The van der Waals surface area contributed by atoms with E-state index in [9.17, 15) is 4.79 Å². The highest BCUT2D eigenvalue weighted by molar-refractivity contribution is 8.18. The first-order valence-corrected chi connectivity index (χ1v) is 10.9. The van der Waals surface area contributed by atoms with E-state index in [1.54, 1.807) is 23.1 Å². The van der Waals surface area contributed by atoms with Crippen LogP contribution in [0, 0.1) is 6.92 Å². The molecule has 0 spiro atoms. The summed E-state index contributed by atoms with van der Waals surface area (Å²) in [6.45, 7) is 4.50. The second kappa shape index (κ2) is 8.72. The molecule has 0 atom stereocenters. The van der Waals surface area contributed by atoms with Gasteiger partial charge in [0.1, 0.15) is 11.5 Å². The summed E-state index contributed by atoms with van der Waals surface area (Å²) in [5.74, 6) is 1.15. The molecule has 1 aromatic heterocycles. The second-order valence-electron chi connectivity index (χ2n) is 6.72. The molecule has 0 radical (unpaired) electrons. The van der Waals surface area contributed by atoms with Gasteiger partial charge in [-0.1, -0.05) is 40.9 Å². The summed E-state index contributed by atoms with van der Waals surface area (Å²) in [6.07, 6.45) is 1.74. The third-order valence-corrected chi connectivity index (χ3v) is 6.31. The van der Waals surface area contributed by atoms with Gasteiger partial charge in [-0.2, -0.15) is 0 Å². The lowest BCUT2D eigenvalue weighted by molar-refractivity contribution is -0.122. The van der Waals surface area contributed by atoms with Crippen LogP contribution in [0.2, 0.25) is 10.0 Å². The van der Waals surface area contributed by atoms with Gasteiger partial charge in [-0.25, -0.2) is 4.99 Å². The van der Waals surface area contributed by atoms with E-state index in [1.165, 1.54) is 11.8 Å². The highest BCUT2D eigenvalue weighted by Crippen LogP contribution is 2.35. The zero-order valence-corrected chi connectivity index (χ0v) is 18.7. The largest absolute Gasteiger partial charge is 0.457 e. The van der Waals surface area contributed by atoms with Crippen LogP contribution in [0.3, 0.4) is 0 Å². The van der Waals surface area contributed by atoms with Gasteiger partial charge in [-0.15, -0.1) is 0 Å². The molecule has 1 aliphatic heterocycles. The van der Waals surface area contributed by atoms with Crippen LogP contribution in [0.5, 0.6) is 0 Å². The summed E-state index contributed by atoms with van der Waals surface area (Å²) in [4.78, 5) is 19.7. The van der Waals surface area contributed by atoms with E-state index in [0.717, 1.165) is 16.8 Å². The van der Waals surface area contributed by atoms with Crippen LogP contribution < -0.4 is 0 Å². The van der Waals surface area contributed by atoms with Crippen molar-refractivity contribution in [3.63, 3.8) is 0 Å². The highest BCUT2D eigenvalue weighted by Gasteiger charge is 2.32. The Bertz CT molecular complexity index is 1170. The Hall–Kier alpha value is -2.47. The lowest BCUT2D eigenvalue weighted by Gasteiger charge is -2.11. The number of amides is 1. The maximum absolute atomic E-state index is 12.8. The fraction of sp³-hybridized carbons (Fsp3) is 0.130. The van der Waals surface area contributed by atoms with Crippen molar-refractivity contribution >= 4 is 57.8 Å². The molecule has 7 heteroatoms. The summed E-state index contributed by atoms with van der Waals surface area (Å²) in [5, 5.41) is 1.61. The number of aryl methyl sites for hydroxylation is 1. The average Bonchev–Trinajstić information content (AvgIpc) is 3.31. The van der Waals surface area contributed by atoms with Gasteiger partial charge in [0.05, 0.1) is 20.6 Å². The van der Waals surface area contributed by atoms with Crippen molar-refractivity contribution < 1.29 is 9.21 Å². The number of benzene rings is 2. The SMILES string of the molecule is CCN1C(=O)/C(=C\c2ccc(-c3ccc(Cl)c(Cl)c3)o2)SC1=Nc1ccc(C)cc1. The van der Waals surface area contributed by atoms with Gasteiger partial charge in [0, 0.05) is 18.2 Å². The van der Waals surface area contributed by atoms with E-state index in [-0.39, 0.29) is 5.91 Å². The molecule has 1 fully saturated rings. The van der Waals surface area contributed by atoms with Crippen LogP contribution in [-0.4, -0.2) is 22.5 Å². The maximum atomic E-state index is 12.8. The summed E-state index contributed by atoms with van der Waals surface area (Å²) >= 11 is 13.4. The Morgan fingerprint density at radius 1 is 1.07 bits per heavy atom. The number of amidine groups is 1. The van der Waals surface area contributed by atoms with E-state index in [1.807, 2.05) is 56.3 Å². The normalized spacial score (nSPS) is 16.8. The van der Waals surface area contributed by atoms with Crippen molar-refractivity contribution in [3.8, 4) is 11.3 Å². The number of carbonyl (C=O) groups excluding carboxylic acids is 1. The third-order valence-electron chi connectivity index (χ3n) is 4.57. The molecule has 0 unspecified atom stereocenters. The van der Waals surface area contributed by atoms with Gasteiger partial charge >= 0.3 is 0 Å². The molecule has 2 heterocycles. The van der Waals surface area contributed by atoms with Crippen molar-refractivity contribution in [2.75, 3.05) is 6.54 Å². The minimum Gasteiger partial charge on any atom is -0.457 e. The zero-order chi connectivity index (χ0) is 21.3. The number of halogens is 2. The lowest BCUT2D eigenvalue weighted by atomic mass is 10.2. The van der Waals surface area contributed by atoms with Crippen molar-refractivity contribution in [1.82, 2.24) is 4.90 Å². The zero-order valence-electron chi connectivity index (χ0n) is 16.4. The van der Waals surface area contributed by atoms with Crippen LogP contribution in [-0.2, 0) is 4.79 Å². The Labute approximate surface area is 189 Å². The standard InChI is InChI=1S/C23H18Cl2N2O2S/c1-3-27-22(28)21(30-23(27)26-16-7-4-14(2)5-8-16)13-17-9-11-20(29-17)15-6-10-18(24)19(25)12-15/h4-13H,3H2,1-2H3/b21-13+,26-23?. The number of aliphatic imine (C=N–C) groups is 1. The van der Waals surface area contributed by atoms with Crippen LogP contribution >= 0.6 is 35.0 Å². The molecule has 1 aliphatic rings. The molecule has 30 heavy (non-hydrogen) atoms. The quantitative estimate of drug-likeness (QED) is 0.390. The third kappa shape index (κ3) is 4.33. The topological polar surface area (TPSA) is 45.8 Å². The molecular weight excluding hydrogens is 439 g/mol. The average molecular weight is 457 g/mol. The van der Waals surface area contributed by atoms with E-state index >= 15 is 0 Å². The molecule has 0 saturated carbocycles. The van der Waals surface area contributed by atoms with Gasteiger partial charge in [-0.05, 0) is 68.1 Å². The number of likely N-dealkylation sites (N-methyl/N-ethyl adjacent to an activating group) is 1. The molecule has 152 valence electrons. The highest BCUT2D eigenvalue weighted by atomic mass is 35.5.